The number of urea groups is 1. The number of carbonyl (C=O) groups is 2. The monoisotopic (exact) mass is 295 g/mol. The van der Waals surface area contributed by atoms with E-state index < -0.39 is 0 Å². The normalized spacial score (nSPS) is 23.1. The van der Waals surface area contributed by atoms with Crippen molar-refractivity contribution in [3.05, 3.63) is 0 Å². The van der Waals surface area contributed by atoms with E-state index in [2.05, 4.69) is 5.32 Å². The van der Waals surface area contributed by atoms with Gasteiger partial charge in [-0.15, -0.1) is 0 Å². The first-order valence-electron chi connectivity index (χ1n) is 8.53. The second kappa shape index (κ2) is 7.66. The molecule has 3 amide bonds. The number of likely N-dealkylation sites (tertiary alicyclic amines) is 1. The maximum absolute atomic E-state index is 12.5. The molecule has 1 saturated carbocycles. The van der Waals surface area contributed by atoms with Gasteiger partial charge in [-0.05, 0) is 39.5 Å². The topological polar surface area (TPSA) is 52.7 Å². The molecule has 2 fully saturated rings. The molecule has 0 aromatic carbocycles. The molecule has 120 valence electrons. The maximum atomic E-state index is 12.5. The molecule has 2 aliphatic rings. The van der Waals surface area contributed by atoms with Crippen molar-refractivity contribution in [2.24, 2.45) is 0 Å². The highest BCUT2D eigenvalue weighted by molar-refractivity contribution is 5.87. The fourth-order valence-electron chi connectivity index (χ4n) is 3.49. The second-order valence-electron chi connectivity index (χ2n) is 6.15. The van der Waals surface area contributed by atoms with Crippen LogP contribution in [0.2, 0.25) is 0 Å². The lowest BCUT2D eigenvalue weighted by atomic mass is 9.95. The lowest BCUT2D eigenvalue weighted by Gasteiger charge is -2.31. The first-order chi connectivity index (χ1) is 10.2. The van der Waals surface area contributed by atoms with E-state index in [0.717, 1.165) is 25.7 Å². The predicted octanol–water partition coefficient (Wildman–Crippen LogP) is 2.36. The van der Waals surface area contributed by atoms with Crippen LogP contribution in [0.25, 0.3) is 0 Å². The molecule has 1 saturated heterocycles. The molecule has 0 spiro atoms. The summed E-state index contributed by atoms with van der Waals surface area (Å²) in [5, 5.41) is 3.17. The summed E-state index contributed by atoms with van der Waals surface area (Å²) in [7, 11) is 0. The molecule has 1 aliphatic heterocycles. The molecule has 0 aromatic rings. The second-order valence-corrected chi connectivity index (χ2v) is 6.15. The van der Waals surface area contributed by atoms with Crippen molar-refractivity contribution in [3.8, 4) is 0 Å². The Kier molecular flexibility index (Phi) is 5.88. The highest BCUT2D eigenvalue weighted by Gasteiger charge is 2.36. The number of rotatable bonds is 4. The Morgan fingerprint density at radius 1 is 1.05 bits per heavy atom. The fourth-order valence-corrected chi connectivity index (χ4v) is 3.49. The number of nitrogens with one attached hydrogen (secondary N) is 1. The summed E-state index contributed by atoms with van der Waals surface area (Å²) >= 11 is 0. The Morgan fingerprint density at radius 2 is 1.71 bits per heavy atom. The van der Waals surface area contributed by atoms with E-state index in [1.54, 1.807) is 9.80 Å². The summed E-state index contributed by atoms with van der Waals surface area (Å²) in [6, 6.07) is 0.0681. The summed E-state index contributed by atoms with van der Waals surface area (Å²) in [4.78, 5) is 28.6. The van der Waals surface area contributed by atoms with Crippen LogP contribution in [0.4, 0.5) is 4.79 Å². The average molecular weight is 295 g/mol. The summed E-state index contributed by atoms with van der Waals surface area (Å²) in [6.45, 7) is 6.06. The van der Waals surface area contributed by atoms with Gasteiger partial charge in [0.05, 0.1) is 0 Å². The summed E-state index contributed by atoms with van der Waals surface area (Å²) in [6.07, 6.45) is 7.59. The van der Waals surface area contributed by atoms with Gasteiger partial charge in [-0.25, -0.2) is 4.79 Å². The van der Waals surface area contributed by atoms with Crippen LogP contribution in [0.5, 0.6) is 0 Å². The van der Waals surface area contributed by atoms with Crippen LogP contribution in [-0.2, 0) is 4.79 Å². The number of hydrogen-bond donors (Lipinski definition) is 1. The van der Waals surface area contributed by atoms with Gasteiger partial charge >= 0.3 is 6.03 Å². The van der Waals surface area contributed by atoms with Crippen LogP contribution in [-0.4, -0.2) is 53.5 Å². The Morgan fingerprint density at radius 3 is 2.33 bits per heavy atom. The largest absolute Gasteiger partial charge is 0.352 e. The summed E-state index contributed by atoms with van der Waals surface area (Å²) < 4.78 is 0. The Balaban J connectivity index is 1.93. The first kappa shape index (κ1) is 16.1. The number of nitrogens with zero attached hydrogens (tertiary/aromatic N) is 2. The van der Waals surface area contributed by atoms with Crippen LogP contribution >= 0.6 is 0 Å². The number of carbonyl (C=O) groups excluding carboxylic acids is 2. The zero-order chi connectivity index (χ0) is 15.2. The highest BCUT2D eigenvalue weighted by atomic mass is 16.2. The quantitative estimate of drug-likeness (QED) is 0.865. The third-order valence-corrected chi connectivity index (χ3v) is 4.79. The molecule has 1 atom stereocenters. The minimum Gasteiger partial charge on any atom is -0.352 e. The lowest BCUT2D eigenvalue weighted by molar-refractivity contribution is -0.125. The summed E-state index contributed by atoms with van der Waals surface area (Å²) in [5.41, 5.74) is 0. The molecule has 21 heavy (non-hydrogen) atoms. The van der Waals surface area contributed by atoms with E-state index in [1.807, 2.05) is 13.8 Å². The van der Waals surface area contributed by atoms with Crippen LogP contribution in [0.3, 0.4) is 0 Å². The molecule has 0 bridgehead atoms. The van der Waals surface area contributed by atoms with E-state index in [4.69, 9.17) is 0 Å². The van der Waals surface area contributed by atoms with Crippen molar-refractivity contribution >= 4 is 11.9 Å². The van der Waals surface area contributed by atoms with E-state index in [1.165, 1.54) is 19.3 Å². The van der Waals surface area contributed by atoms with Crippen molar-refractivity contribution in [2.75, 3.05) is 19.6 Å². The Bertz CT molecular complexity index is 363. The van der Waals surface area contributed by atoms with Gasteiger partial charge in [-0.3, -0.25) is 4.79 Å². The Hall–Kier alpha value is -1.26. The first-order valence-corrected chi connectivity index (χ1v) is 8.53. The maximum Gasteiger partial charge on any atom is 0.320 e. The highest BCUT2D eigenvalue weighted by Crippen LogP contribution is 2.22. The molecule has 2 rings (SSSR count). The predicted molar refractivity (Wildman–Crippen MR) is 83.1 cm³/mol. The van der Waals surface area contributed by atoms with Crippen molar-refractivity contribution in [1.29, 1.82) is 0 Å². The van der Waals surface area contributed by atoms with Gasteiger partial charge in [0, 0.05) is 25.7 Å². The van der Waals surface area contributed by atoms with Crippen molar-refractivity contribution in [2.45, 2.75) is 70.9 Å². The fraction of sp³-hybridized carbons (Fsp3) is 0.875. The standard InChI is InChI=1S/C16H29N3O2/c1-3-18(4-2)16(21)19-12-8-11-14(19)15(20)17-13-9-6-5-7-10-13/h13-14H,3-12H2,1-2H3,(H,17,20)/t14-/m0/s1. The zero-order valence-electron chi connectivity index (χ0n) is 13.4. The van der Waals surface area contributed by atoms with Crippen molar-refractivity contribution < 1.29 is 9.59 Å². The lowest BCUT2D eigenvalue weighted by Crippen LogP contribution is -2.52. The van der Waals surface area contributed by atoms with Crippen LogP contribution in [0, 0.1) is 0 Å². The third kappa shape index (κ3) is 3.89. The summed E-state index contributed by atoms with van der Waals surface area (Å²) in [5.74, 6) is 0.0555. The number of hydrogen-bond acceptors (Lipinski definition) is 2. The van der Waals surface area contributed by atoms with Gasteiger partial charge in [0.15, 0.2) is 0 Å². The molecule has 5 heteroatoms. The van der Waals surface area contributed by atoms with Gasteiger partial charge in [0.25, 0.3) is 0 Å². The molecular weight excluding hydrogens is 266 g/mol. The van der Waals surface area contributed by atoms with E-state index in [9.17, 15) is 9.59 Å². The minimum atomic E-state index is -0.264. The average Bonchev–Trinajstić information content (AvgIpc) is 2.99. The zero-order valence-corrected chi connectivity index (χ0v) is 13.4. The Labute approximate surface area is 128 Å². The van der Waals surface area contributed by atoms with Crippen molar-refractivity contribution in [1.82, 2.24) is 15.1 Å². The van der Waals surface area contributed by atoms with Crippen molar-refractivity contribution in [3.63, 3.8) is 0 Å². The third-order valence-electron chi connectivity index (χ3n) is 4.79. The molecular formula is C16H29N3O2. The molecule has 0 aromatic heterocycles. The van der Waals surface area contributed by atoms with Gasteiger partial charge in [0.2, 0.25) is 5.91 Å². The minimum absolute atomic E-state index is 0.0151. The van der Waals surface area contributed by atoms with E-state index in [-0.39, 0.29) is 18.0 Å². The molecule has 1 N–H and O–H groups in total. The van der Waals surface area contributed by atoms with Gasteiger partial charge in [-0.2, -0.15) is 0 Å². The van der Waals surface area contributed by atoms with Crippen LogP contribution < -0.4 is 5.32 Å². The molecule has 0 unspecified atom stereocenters. The molecule has 5 nitrogen and oxygen atoms in total. The van der Waals surface area contributed by atoms with Gasteiger partial charge in [-0.1, -0.05) is 19.3 Å². The SMILES string of the molecule is CCN(CC)C(=O)N1CCC[C@H]1C(=O)NC1CCCCC1. The van der Waals surface area contributed by atoms with Crippen LogP contribution in [0.1, 0.15) is 58.8 Å². The smallest absolute Gasteiger partial charge is 0.320 e. The molecule has 1 aliphatic carbocycles. The molecule has 1 heterocycles. The van der Waals surface area contributed by atoms with Gasteiger partial charge < -0.3 is 15.1 Å². The number of amides is 3. The van der Waals surface area contributed by atoms with Crippen LogP contribution in [0.15, 0.2) is 0 Å². The van der Waals surface area contributed by atoms with E-state index in [0.29, 0.717) is 25.7 Å². The van der Waals surface area contributed by atoms with E-state index >= 15 is 0 Å². The molecule has 0 radical (unpaired) electrons. The van der Waals surface area contributed by atoms with Gasteiger partial charge in [0.1, 0.15) is 6.04 Å².